The minimum Gasteiger partial charge on any atom is -0.481 e. The SMILES string of the molecule is O=C(CC1(C(=O)O)CCC1)Nc1ccc(SC2CCCC2)cc1. The molecular formula is C18H23NO3S. The van der Waals surface area contributed by atoms with Gasteiger partial charge in [-0.05, 0) is 49.9 Å². The zero-order valence-corrected chi connectivity index (χ0v) is 14.0. The lowest BCUT2D eigenvalue weighted by Gasteiger charge is -2.36. The third-order valence-corrected chi connectivity index (χ3v) is 6.36. The minimum atomic E-state index is -0.845. The highest BCUT2D eigenvalue weighted by molar-refractivity contribution is 8.00. The van der Waals surface area contributed by atoms with Gasteiger partial charge in [0, 0.05) is 22.3 Å². The smallest absolute Gasteiger partial charge is 0.310 e. The van der Waals surface area contributed by atoms with Crippen molar-refractivity contribution in [2.45, 2.75) is 61.5 Å². The average molecular weight is 333 g/mol. The monoisotopic (exact) mass is 333 g/mol. The van der Waals surface area contributed by atoms with E-state index in [1.54, 1.807) is 0 Å². The summed E-state index contributed by atoms with van der Waals surface area (Å²) in [6, 6.07) is 7.89. The van der Waals surface area contributed by atoms with E-state index in [2.05, 4.69) is 5.32 Å². The summed E-state index contributed by atoms with van der Waals surface area (Å²) >= 11 is 1.92. The van der Waals surface area contributed by atoms with E-state index in [4.69, 9.17) is 0 Å². The Morgan fingerprint density at radius 1 is 1.13 bits per heavy atom. The van der Waals surface area contributed by atoms with E-state index in [1.807, 2.05) is 36.0 Å². The Kier molecular flexibility index (Phi) is 4.95. The Morgan fingerprint density at radius 2 is 1.78 bits per heavy atom. The Morgan fingerprint density at radius 3 is 2.30 bits per heavy atom. The number of nitrogens with one attached hydrogen (secondary N) is 1. The number of rotatable bonds is 6. The summed E-state index contributed by atoms with van der Waals surface area (Å²) in [6.07, 6.45) is 7.42. The fourth-order valence-electron chi connectivity index (χ4n) is 3.40. The first-order chi connectivity index (χ1) is 11.1. The quantitative estimate of drug-likeness (QED) is 0.814. The number of aliphatic carboxylic acids is 1. The van der Waals surface area contributed by atoms with Crippen LogP contribution in [0.25, 0.3) is 0 Å². The Labute approximate surface area is 141 Å². The lowest BCUT2D eigenvalue weighted by molar-refractivity contribution is -0.157. The molecule has 0 aliphatic heterocycles. The van der Waals surface area contributed by atoms with Gasteiger partial charge in [0.05, 0.1) is 5.41 Å². The van der Waals surface area contributed by atoms with E-state index in [0.717, 1.165) is 17.4 Å². The van der Waals surface area contributed by atoms with E-state index in [1.165, 1.54) is 30.6 Å². The van der Waals surface area contributed by atoms with Gasteiger partial charge in [0.15, 0.2) is 0 Å². The van der Waals surface area contributed by atoms with Crippen LogP contribution in [-0.4, -0.2) is 22.2 Å². The number of carboxylic acid groups (broad SMARTS) is 1. The predicted octanol–water partition coefficient (Wildman–Crippen LogP) is 4.30. The van der Waals surface area contributed by atoms with Crippen LogP contribution in [0.4, 0.5) is 5.69 Å². The number of thioether (sulfide) groups is 1. The lowest BCUT2D eigenvalue weighted by atomic mass is 9.66. The number of carboxylic acids is 1. The average Bonchev–Trinajstić information content (AvgIpc) is 2.97. The third kappa shape index (κ3) is 3.89. The number of hydrogen-bond donors (Lipinski definition) is 2. The van der Waals surface area contributed by atoms with Crippen LogP contribution < -0.4 is 5.32 Å². The highest BCUT2D eigenvalue weighted by Crippen LogP contribution is 2.44. The van der Waals surface area contributed by atoms with E-state index < -0.39 is 11.4 Å². The van der Waals surface area contributed by atoms with Crippen molar-refractivity contribution in [3.05, 3.63) is 24.3 Å². The molecule has 2 saturated carbocycles. The van der Waals surface area contributed by atoms with Crippen LogP contribution >= 0.6 is 11.8 Å². The van der Waals surface area contributed by atoms with Crippen molar-refractivity contribution in [2.24, 2.45) is 5.41 Å². The van der Waals surface area contributed by atoms with Crippen molar-refractivity contribution in [3.8, 4) is 0 Å². The van der Waals surface area contributed by atoms with Gasteiger partial charge in [-0.15, -0.1) is 11.8 Å². The van der Waals surface area contributed by atoms with Gasteiger partial charge in [0.1, 0.15) is 0 Å². The number of amides is 1. The Bertz CT molecular complexity index is 574. The molecule has 2 aliphatic carbocycles. The molecule has 0 radical (unpaired) electrons. The first-order valence-corrected chi connectivity index (χ1v) is 9.25. The van der Waals surface area contributed by atoms with Gasteiger partial charge in [0.2, 0.25) is 5.91 Å². The summed E-state index contributed by atoms with van der Waals surface area (Å²) in [5.74, 6) is -1.05. The highest BCUT2D eigenvalue weighted by Gasteiger charge is 2.45. The van der Waals surface area contributed by atoms with Gasteiger partial charge in [-0.25, -0.2) is 0 Å². The standard InChI is InChI=1S/C18H23NO3S/c20-16(12-18(17(21)22)10-3-11-18)19-13-6-8-15(9-7-13)23-14-4-1-2-5-14/h6-9,14H,1-5,10-12H2,(H,19,20)(H,21,22). The fourth-order valence-corrected chi connectivity index (χ4v) is 4.64. The minimum absolute atomic E-state index is 0.0703. The number of benzene rings is 1. The van der Waals surface area contributed by atoms with E-state index in [9.17, 15) is 14.7 Å². The van der Waals surface area contributed by atoms with Crippen molar-refractivity contribution in [2.75, 3.05) is 5.32 Å². The van der Waals surface area contributed by atoms with Crippen LogP contribution in [0, 0.1) is 5.41 Å². The van der Waals surface area contributed by atoms with Gasteiger partial charge < -0.3 is 10.4 Å². The van der Waals surface area contributed by atoms with Crippen molar-refractivity contribution in [3.63, 3.8) is 0 Å². The van der Waals surface area contributed by atoms with Crippen LogP contribution in [0.5, 0.6) is 0 Å². The Balaban J connectivity index is 1.53. The van der Waals surface area contributed by atoms with E-state index in [0.29, 0.717) is 12.8 Å². The normalized spacial score (nSPS) is 20.0. The summed E-state index contributed by atoms with van der Waals surface area (Å²) in [4.78, 5) is 24.7. The van der Waals surface area contributed by atoms with Gasteiger partial charge in [-0.1, -0.05) is 19.3 Å². The topological polar surface area (TPSA) is 66.4 Å². The molecule has 0 spiro atoms. The predicted molar refractivity (Wildman–Crippen MR) is 91.7 cm³/mol. The number of hydrogen-bond acceptors (Lipinski definition) is 3. The first-order valence-electron chi connectivity index (χ1n) is 8.37. The van der Waals surface area contributed by atoms with Crippen LogP contribution in [-0.2, 0) is 9.59 Å². The zero-order valence-electron chi connectivity index (χ0n) is 13.2. The molecule has 2 fully saturated rings. The van der Waals surface area contributed by atoms with Crippen molar-refractivity contribution in [1.82, 2.24) is 0 Å². The number of carbonyl (C=O) groups is 2. The Hall–Kier alpha value is -1.49. The molecule has 2 N–H and O–H groups in total. The molecule has 1 aromatic rings. The second-order valence-corrected chi connectivity index (χ2v) is 8.09. The molecule has 1 amide bonds. The van der Waals surface area contributed by atoms with Crippen LogP contribution in [0.2, 0.25) is 0 Å². The molecule has 0 bridgehead atoms. The molecule has 124 valence electrons. The summed E-state index contributed by atoms with van der Waals surface area (Å²) in [7, 11) is 0. The second-order valence-electron chi connectivity index (χ2n) is 6.71. The van der Waals surface area contributed by atoms with Gasteiger partial charge >= 0.3 is 5.97 Å². The summed E-state index contributed by atoms with van der Waals surface area (Å²) in [5, 5.41) is 12.8. The van der Waals surface area contributed by atoms with Crippen molar-refractivity contribution >= 4 is 29.3 Å². The second kappa shape index (κ2) is 6.95. The molecule has 2 aliphatic rings. The molecule has 0 heterocycles. The van der Waals surface area contributed by atoms with Gasteiger partial charge in [-0.3, -0.25) is 9.59 Å². The van der Waals surface area contributed by atoms with E-state index >= 15 is 0 Å². The summed E-state index contributed by atoms with van der Waals surface area (Å²) < 4.78 is 0. The largest absolute Gasteiger partial charge is 0.481 e. The zero-order chi connectivity index (χ0) is 16.3. The molecule has 0 unspecified atom stereocenters. The van der Waals surface area contributed by atoms with Crippen molar-refractivity contribution < 1.29 is 14.7 Å². The molecule has 5 heteroatoms. The number of anilines is 1. The molecule has 23 heavy (non-hydrogen) atoms. The van der Waals surface area contributed by atoms with Crippen LogP contribution in [0.1, 0.15) is 51.4 Å². The van der Waals surface area contributed by atoms with Gasteiger partial charge in [0.25, 0.3) is 0 Å². The fraction of sp³-hybridized carbons (Fsp3) is 0.556. The molecule has 0 atom stereocenters. The van der Waals surface area contributed by atoms with E-state index in [-0.39, 0.29) is 12.3 Å². The lowest BCUT2D eigenvalue weighted by Crippen LogP contribution is -2.41. The maximum absolute atomic E-state index is 12.1. The van der Waals surface area contributed by atoms with Crippen LogP contribution in [0.3, 0.4) is 0 Å². The van der Waals surface area contributed by atoms with Crippen molar-refractivity contribution in [1.29, 1.82) is 0 Å². The summed E-state index contributed by atoms with van der Waals surface area (Å²) in [6.45, 7) is 0. The molecule has 0 aromatic heterocycles. The third-order valence-electron chi connectivity index (χ3n) is 5.01. The number of carbonyl (C=O) groups excluding carboxylic acids is 1. The maximum atomic E-state index is 12.1. The molecular weight excluding hydrogens is 310 g/mol. The highest BCUT2D eigenvalue weighted by atomic mass is 32.2. The molecule has 3 rings (SSSR count). The molecule has 4 nitrogen and oxygen atoms in total. The first kappa shape index (κ1) is 16.4. The molecule has 0 saturated heterocycles. The van der Waals surface area contributed by atoms with Gasteiger partial charge in [-0.2, -0.15) is 0 Å². The molecule has 1 aromatic carbocycles. The van der Waals surface area contributed by atoms with Crippen LogP contribution in [0.15, 0.2) is 29.2 Å². The maximum Gasteiger partial charge on any atom is 0.310 e. The summed E-state index contributed by atoms with van der Waals surface area (Å²) in [5.41, 5.74) is -0.0897.